The van der Waals surface area contributed by atoms with E-state index in [0.717, 1.165) is 0 Å². The predicted octanol–water partition coefficient (Wildman–Crippen LogP) is 3.30. The molecule has 0 saturated heterocycles. The van der Waals surface area contributed by atoms with Gasteiger partial charge in [0.15, 0.2) is 9.84 Å². The van der Waals surface area contributed by atoms with E-state index in [1.807, 2.05) is 6.07 Å². The van der Waals surface area contributed by atoms with E-state index < -0.39 is 9.84 Å². The Morgan fingerprint density at radius 2 is 2.00 bits per heavy atom. The molecule has 4 nitrogen and oxygen atoms in total. The Kier molecular flexibility index (Phi) is 4.66. The molecular formula is C15H12BrNO3S. The first-order chi connectivity index (χ1) is 9.96. The van der Waals surface area contributed by atoms with Crippen LogP contribution in [-0.2, 0) is 15.6 Å². The summed E-state index contributed by atoms with van der Waals surface area (Å²) in [5, 5.41) is 9.04. The molecule has 0 radical (unpaired) electrons. The van der Waals surface area contributed by atoms with Gasteiger partial charge in [0.1, 0.15) is 11.8 Å². The molecule has 0 N–H and O–H groups in total. The summed E-state index contributed by atoms with van der Waals surface area (Å²) in [6, 6.07) is 13.3. The molecule has 6 heteroatoms. The third-order valence-electron chi connectivity index (χ3n) is 2.90. The summed E-state index contributed by atoms with van der Waals surface area (Å²) in [5.41, 5.74) is 0.867. The van der Waals surface area contributed by atoms with Gasteiger partial charge in [-0.05, 0) is 35.9 Å². The van der Waals surface area contributed by atoms with Gasteiger partial charge in [-0.1, -0.05) is 28.1 Å². The Morgan fingerprint density at radius 1 is 1.24 bits per heavy atom. The third-order valence-corrected chi connectivity index (χ3v) is 5.08. The van der Waals surface area contributed by atoms with E-state index in [-0.39, 0.29) is 10.6 Å². The van der Waals surface area contributed by atoms with Crippen LogP contribution in [-0.4, -0.2) is 15.5 Å². The SMILES string of the molecule is COc1ccc(CS(=O)(=O)c2cccc(Br)c2)cc1C#N. The fraction of sp³-hybridized carbons (Fsp3) is 0.133. The number of sulfone groups is 1. The van der Waals surface area contributed by atoms with Crippen molar-refractivity contribution in [2.75, 3.05) is 7.11 Å². The maximum Gasteiger partial charge on any atom is 0.182 e. The molecule has 2 aromatic rings. The molecule has 0 amide bonds. The maximum atomic E-state index is 12.4. The number of nitriles is 1. The number of nitrogens with zero attached hydrogens (tertiary/aromatic N) is 1. The topological polar surface area (TPSA) is 67.2 Å². The van der Waals surface area contributed by atoms with Crippen LogP contribution in [0.4, 0.5) is 0 Å². The van der Waals surface area contributed by atoms with Crippen LogP contribution in [0, 0.1) is 11.3 Å². The van der Waals surface area contributed by atoms with E-state index in [2.05, 4.69) is 15.9 Å². The summed E-state index contributed by atoms with van der Waals surface area (Å²) < 4.78 is 30.5. The first kappa shape index (κ1) is 15.5. The summed E-state index contributed by atoms with van der Waals surface area (Å²) >= 11 is 3.26. The Bertz CT molecular complexity index is 810. The minimum atomic E-state index is -3.46. The van der Waals surface area contributed by atoms with Gasteiger partial charge in [0.25, 0.3) is 0 Å². The van der Waals surface area contributed by atoms with Crippen LogP contribution in [0.25, 0.3) is 0 Å². The second-order valence-corrected chi connectivity index (χ2v) is 7.27. The molecule has 2 rings (SSSR count). The average Bonchev–Trinajstić information content (AvgIpc) is 2.46. The van der Waals surface area contributed by atoms with Crippen LogP contribution < -0.4 is 4.74 Å². The Balaban J connectivity index is 2.35. The largest absolute Gasteiger partial charge is 0.495 e. The molecule has 0 spiro atoms. The van der Waals surface area contributed by atoms with Crippen molar-refractivity contribution in [1.29, 1.82) is 5.26 Å². The van der Waals surface area contributed by atoms with Gasteiger partial charge in [0.2, 0.25) is 0 Å². The van der Waals surface area contributed by atoms with Crippen molar-refractivity contribution in [3.8, 4) is 11.8 Å². The molecule has 108 valence electrons. The van der Waals surface area contributed by atoms with Gasteiger partial charge in [0, 0.05) is 4.47 Å². The van der Waals surface area contributed by atoms with E-state index in [0.29, 0.717) is 21.3 Å². The number of hydrogen-bond donors (Lipinski definition) is 0. The van der Waals surface area contributed by atoms with Crippen LogP contribution in [0.3, 0.4) is 0 Å². The molecule has 0 aliphatic rings. The second kappa shape index (κ2) is 6.29. The van der Waals surface area contributed by atoms with Gasteiger partial charge in [-0.2, -0.15) is 5.26 Å². The van der Waals surface area contributed by atoms with Gasteiger partial charge >= 0.3 is 0 Å². The van der Waals surface area contributed by atoms with Gasteiger partial charge in [-0.15, -0.1) is 0 Å². The summed E-state index contributed by atoms with van der Waals surface area (Å²) in [7, 11) is -1.99. The van der Waals surface area contributed by atoms with Crippen molar-refractivity contribution in [2.24, 2.45) is 0 Å². The first-order valence-corrected chi connectivity index (χ1v) is 8.46. The molecule has 21 heavy (non-hydrogen) atoms. The number of hydrogen-bond acceptors (Lipinski definition) is 4. The highest BCUT2D eigenvalue weighted by molar-refractivity contribution is 9.10. The number of rotatable bonds is 4. The highest BCUT2D eigenvalue weighted by atomic mass is 79.9. The molecule has 0 aliphatic heterocycles. The summed E-state index contributed by atoms with van der Waals surface area (Å²) in [6.07, 6.45) is 0. The molecule has 0 heterocycles. The van der Waals surface area contributed by atoms with Crippen LogP contribution in [0.15, 0.2) is 51.8 Å². The zero-order valence-corrected chi connectivity index (χ0v) is 13.6. The molecule has 0 aromatic heterocycles. The lowest BCUT2D eigenvalue weighted by Crippen LogP contribution is -2.05. The molecule has 0 saturated carbocycles. The van der Waals surface area contributed by atoms with Gasteiger partial charge in [0.05, 0.1) is 23.3 Å². The molecule has 0 bridgehead atoms. The van der Waals surface area contributed by atoms with Crippen LogP contribution in [0.5, 0.6) is 5.75 Å². The monoisotopic (exact) mass is 365 g/mol. The zero-order valence-electron chi connectivity index (χ0n) is 11.2. The first-order valence-electron chi connectivity index (χ1n) is 6.01. The second-order valence-electron chi connectivity index (χ2n) is 4.36. The van der Waals surface area contributed by atoms with Crippen LogP contribution >= 0.6 is 15.9 Å². The van der Waals surface area contributed by atoms with E-state index >= 15 is 0 Å². The Hall–Kier alpha value is -1.84. The molecule has 0 unspecified atom stereocenters. The van der Waals surface area contributed by atoms with Crippen LogP contribution in [0.2, 0.25) is 0 Å². The molecule has 0 fully saturated rings. The molecule has 2 aromatic carbocycles. The smallest absolute Gasteiger partial charge is 0.182 e. The number of methoxy groups -OCH3 is 1. The Morgan fingerprint density at radius 3 is 2.62 bits per heavy atom. The van der Waals surface area contributed by atoms with Crippen molar-refractivity contribution in [1.82, 2.24) is 0 Å². The predicted molar refractivity (Wildman–Crippen MR) is 82.7 cm³/mol. The fourth-order valence-corrected chi connectivity index (χ4v) is 3.82. The highest BCUT2D eigenvalue weighted by Crippen LogP contribution is 2.23. The average molecular weight is 366 g/mol. The normalized spacial score (nSPS) is 10.9. The number of halogens is 1. The maximum absolute atomic E-state index is 12.4. The lowest BCUT2D eigenvalue weighted by Gasteiger charge is -2.07. The summed E-state index contributed by atoms with van der Waals surface area (Å²) in [5.74, 6) is 0.267. The molecule has 0 aliphatic carbocycles. The zero-order chi connectivity index (χ0) is 15.5. The number of ether oxygens (including phenoxy) is 1. The van der Waals surface area contributed by atoms with Crippen molar-refractivity contribution in [2.45, 2.75) is 10.6 Å². The van der Waals surface area contributed by atoms with E-state index in [4.69, 9.17) is 10.00 Å². The van der Waals surface area contributed by atoms with E-state index in [1.165, 1.54) is 13.2 Å². The molecule has 0 atom stereocenters. The Labute approximate surface area is 132 Å². The quantitative estimate of drug-likeness (QED) is 0.833. The number of benzene rings is 2. The van der Waals surface area contributed by atoms with Crippen molar-refractivity contribution in [3.05, 3.63) is 58.1 Å². The third kappa shape index (κ3) is 3.63. The lowest BCUT2D eigenvalue weighted by atomic mass is 10.1. The van der Waals surface area contributed by atoms with Crippen molar-refractivity contribution >= 4 is 25.8 Å². The fourth-order valence-electron chi connectivity index (χ4n) is 1.90. The minimum Gasteiger partial charge on any atom is -0.495 e. The standard InChI is InChI=1S/C15H12BrNO3S/c1-20-15-6-5-11(7-12(15)9-17)10-21(18,19)14-4-2-3-13(16)8-14/h2-8H,10H2,1H3. The van der Waals surface area contributed by atoms with Gasteiger partial charge in [-0.25, -0.2) is 8.42 Å². The minimum absolute atomic E-state index is 0.165. The molecular weight excluding hydrogens is 354 g/mol. The van der Waals surface area contributed by atoms with Gasteiger partial charge < -0.3 is 4.74 Å². The van der Waals surface area contributed by atoms with E-state index in [1.54, 1.807) is 36.4 Å². The highest BCUT2D eigenvalue weighted by Gasteiger charge is 2.16. The summed E-state index contributed by atoms with van der Waals surface area (Å²) in [4.78, 5) is 0.242. The van der Waals surface area contributed by atoms with Crippen LogP contribution in [0.1, 0.15) is 11.1 Å². The van der Waals surface area contributed by atoms with Crippen molar-refractivity contribution < 1.29 is 13.2 Å². The summed E-state index contributed by atoms with van der Waals surface area (Å²) in [6.45, 7) is 0. The lowest BCUT2D eigenvalue weighted by molar-refractivity contribution is 0.413. The van der Waals surface area contributed by atoms with Gasteiger partial charge in [-0.3, -0.25) is 0 Å². The van der Waals surface area contributed by atoms with E-state index in [9.17, 15) is 8.42 Å². The van der Waals surface area contributed by atoms with Crippen molar-refractivity contribution in [3.63, 3.8) is 0 Å².